The van der Waals surface area contributed by atoms with Crippen LogP contribution in [-0.4, -0.2) is 37.0 Å². The third kappa shape index (κ3) is 4.97. The molecule has 0 unspecified atom stereocenters. The van der Waals surface area contributed by atoms with E-state index in [-0.39, 0.29) is 5.91 Å². The summed E-state index contributed by atoms with van der Waals surface area (Å²) in [5.41, 5.74) is 1.30. The van der Waals surface area contributed by atoms with E-state index in [0.29, 0.717) is 30.2 Å². The molecule has 1 aliphatic carbocycles. The molecule has 1 heterocycles. The maximum Gasteiger partial charge on any atom is 0.220 e. The van der Waals surface area contributed by atoms with Crippen molar-refractivity contribution in [3.05, 3.63) is 29.8 Å². The second kappa shape index (κ2) is 8.22. The number of rotatable bonds is 7. The zero-order valence-electron chi connectivity index (χ0n) is 15.8. The Balaban J connectivity index is 1.52. The van der Waals surface area contributed by atoms with Crippen molar-refractivity contribution in [2.24, 2.45) is 17.8 Å². The second-order valence-corrected chi connectivity index (χ2v) is 8.25. The highest BCUT2D eigenvalue weighted by Gasteiger charge is 2.39. The first-order chi connectivity index (χ1) is 12.0. The Hall–Kier alpha value is -1.55. The monoisotopic (exact) mass is 344 g/mol. The summed E-state index contributed by atoms with van der Waals surface area (Å²) in [4.78, 5) is 14.1. The third-order valence-electron chi connectivity index (χ3n) is 5.74. The lowest BCUT2D eigenvalue weighted by atomic mass is 9.89. The lowest BCUT2D eigenvalue weighted by Gasteiger charge is -2.24. The molecule has 1 saturated carbocycles. The quantitative estimate of drug-likeness (QED) is 0.824. The van der Waals surface area contributed by atoms with E-state index in [2.05, 4.69) is 49.3 Å². The average molecular weight is 344 g/mol. The van der Waals surface area contributed by atoms with Crippen molar-refractivity contribution in [2.45, 2.75) is 52.1 Å². The second-order valence-electron chi connectivity index (χ2n) is 8.25. The summed E-state index contributed by atoms with van der Waals surface area (Å²) in [6.07, 6.45) is 4.15. The molecule has 2 aliphatic rings. The van der Waals surface area contributed by atoms with Gasteiger partial charge in [0.1, 0.15) is 5.75 Å². The number of benzene rings is 1. The van der Waals surface area contributed by atoms with E-state index in [9.17, 15) is 4.79 Å². The van der Waals surface area contributed by atoms with Crippen molar-refractivity contribution >= 4 is 5.91 Å². The van der Waals surface area contributed by atoms with Crippen LogP contribution in [0, 0.1) is 17.8 Å². The summed E-state index contributed by atoms with van der Waals surface area (Å²) < 4.78 is 5.89. The maximum atomic E-state index is 11.6. The van der Waals surface area contributed by atoms with E-state index in [1.807, 2.05) is 6.07 Å². The maximum absolute atomic E-state index is 11.6. The van der Waals surface area contributed by atoms with E-state index in [0.717, 1.165) is 38.3 Å². The van der Waals surface area contributed by atoms with Gasteiger partial charge in [0.15, 0.2) is 0 Å². The Morgan fingerprint density at radius 2 is 2.08 bits per heavy atom. The number of amides is 1. The molecule has 1 aromatic rings. The summed E-state index contributed by atoms with van der Waals surface area (Å²) >= 11 is 0. The molecule has 3 atom stereocenters. The van der Waals surface area contributed by atoms with Gasteiger partial charge in [-0.05, 0) is 61.8 Å². The van der Waals surface area contributed by atoms with Gasteiger partial charge >= 0.3 is 0 Å². The Morgan fingerprint density at radius 3 is 2.88 bits per heavy atom. The molecule has 1 saturated heterocycles. The number of hydrogen-bond acceptors (Lipinski definition) is 3. The highest BCUT2D eigenvalue weighted by atomic mass is 16.5. The Labute approximate surface area is 151 Å². The molecule has 4 heteroatoms. The van der Waals surface area contributed by atoms with Crippen molar-refractivity contribution in [3.8, 4) is 5.75 Å². The number of piperidine rings is 1. The molecular weight excluding hydrogens is 312 g/mol. The first-order valence-electron chi connectivity index (χ1n) is 9.70. The smallest absolute Gasteiger partial charge is 0.220 e. The fourth-order valence-electron chi connectivity index (χ4n) is 4.16. The first kappa shape index (κ1) is 18.2. The number of nitrogens with zero attached hydrogens (tertiary/aromatic N) is 1. The highest BCUT2D eigenvalue weighted by molar-refractivity contribution is 5.77. The van der Waals surface area contributed by atoms with E-state index in [1.54, 1.807) is 0 Å². The van der Waals surface area contributed by atoms with Gasteiger partial charge in [-0.1, -0.05) is 26.0 Å². The van der Waals surface area contributed by atoms with Gasteiger partial charge in [-0.3, -0.25) is 9.69 Å². The Kier molecular flexibility index (Phi) is 6.00. The predicted molar refractivity (Wildman–Crippen MR) is 100 cm³/mol. The van der Waals surface area contributed by atoms with Gasteiger partial charge in [-0.15, -0.1) is 0 Å². The van der Waals surface area contributed by atoms with Crippen LogP contribution in [0.4, 0.5) is 0 Å². The van der Waals surface area contributed by atoms with Crippen LogP contribution in [0.25, 0.3) is 0 Å². The molecule has 3 rings (SSSR count). The van der Waals surface area contributed by atoms with Crippen molar-refractivity contribution in [1.29, 1.82) is 0 Å². The van der Waals surface area contributed by atoms with Gasteiger partial charge in [-0.25, -0.2) is 0 Å². The number of ether oxygens (including phenoxy) is 1. The molecule has 0 aromatic heterocycles. The van der Waals surface area contributed by atoms with Crippen LogP contribution in [0.1, 0.15) is 45.1 Å². The summed E-state index contributed by atoms with van der Waals surface area (Å²) in [7, 11) is 2.21. The van der Waals surface area contributed by atoms with Crippen molar-refractivity contribution < 1.29 is 9.53 Å². The molecule has 1 N–H and O–H groups in total. The van der Waals surface area contributed by atoms with E-state index in [4.69, 9.17) is 4.74 Å². The molecular formula is C21H32N2O2. The molecule has 1 aromatic carbocycles. The molecule has 2 fully saturated rings. The van der Waals surface area contributed by atoms with Gasteiger partial charge in [0, 0.05) is 25.6 Å². The molecule has 0 bridgehead atoms. The van der Waals surface area contributed by atoms with Crippen LogP contribution in [0.3, 0.4) is 0 Å². The van der Waals surface area contributed by atoms with Crippen LogP contribution in [0.15, 0.2) is 24.3 Å². The van der Waals surface area contributed by atoms with Crippen molar-refractivity contribution in [1.82, 2.24) is 10.2 Å². The highest BCUT2D eigenvalue weighted by Crippen LogP contribution is 2.38. The molecule has 4 nitrogen and oxygen atoms in total. The number of hydrogen-bond donors (Lipinski definition) is 1. The fraction of sp³-hybridized carbons (Fsp3) is 0.667. The standard InChI is InChI=1S/C21H32N2O2/c1-15(2)7-8-25-20-6-4-5-16(9-20)14-23(3)19-10-17-12-21(24)22-13-18(17)11-19/h4-6,9,15,17-19H,7-8,10-14H2,1-3H3,(H,22,24)/t17-,18+,19-/m1/s1. The van der Waals surface area contributed by atoms with Crippen molar-refractivity contribution in [2.75, 3.05) is 20.2 Å². The van der Waals surface area contributed by atoms with Crippen LogP contribution >= 0.6 is 0 Å². The number of carbonyl (C=O) groups is 1. The number of nitrogens with one attached hydrogen (secondary N) is 1. The molecule has 1 aliphatic heterocycles. The van der Waals surface area contributed by atoms with E-state index in [1.165, 1.54) is 12.0 Å². The molecule has 1 amide bonds. The topological polar surface area (TPSA) is 41.6 Å². The Morgan fingerprint density at radius 1 is 1.28 bits per heavy atom. The number of fused-ring (bicyclic) bond motifs is 1. The molecule has 0 spiro atoms. The number of carbonyl (C=O) groups excluding carboxylic acids is 1. The lowest BCUT2D eigenvalue weighted by molar-refractivity contribution is -0.124. The SMILES string of the molecule is CC(C)CCOc1cccc(CN(C)[C@H]2C[C@H]3CNC(=O)C[C@H]3C2)c1. The molecule has 138 valence electrons. The van der Waals surface area contributed by atoms with Crippen molar-refractivity contribution in [3.63, 3.8) is 0 Å². The van der Waals surface area contributed by atoms with Gasteiger partial charge in [0.05, 0.1) is 6.61 Å². The summed E-state index contributed by atoms with van der Waals surface area (Å²) in [6.45, 7) is 7.03. The zero-order chi connectivity index (χ0) is 17.8. The molecule has 0 radical (unpaired) electrons. The minimum absolute atomic E-state index is 0.232. The normalized spacial score (nSPS) is 26.0. The first-order valence-corrected chi connectivity index (χ1v) is 9.70. The minimum Gasteiger partial charge on any atom is -0.494 e. The van der Waals surface area contributed by atoms with Gasteiger partial charge in [0.2, 0.25) is 5.91 Å². The Bertz CT molecular complexity index is 587. The van der Waals surface area contributed by atoms with Crippen LogP contribution in [0.5, 0.6) is 5.75 Å². The van der Waals surface area contributed by atoms with E-state index < -0.39 is 0 Å². The summed E-state index contributed by atoms with van der Waals surface area (Å²) in [5, 5.41) is 3.02. The summed E-state index contributed by atoms with van der Waals surface area (Å²) in [6, 6.07) is 9.06. The van der Waals surface area contributed by atoms with Gasteiger partial charge < -0.3 is 10.1 Å². The third-order valence-corrected chi connectivity index (χ3v) is 5.74. The largest absolute Gasteiger partial charge is 0.494 e. The predicted octanol–water partition coefficient (Wildman–Crippen LogP) is 3.46. The van der Waals surface area contributed by atoms with Crippen LogP contribution in [-0.2, 0) is 11.3 Å². The van der Waals surface area contributed by atoms with Gasteiger partial charge in [0.25, 0.3) is 0 Å². The zero-order valence-corrected chi connectivity index (χ0v) is 15.8. The average Bonchev–Trinajstić information content (AvgIpc) is 2.98. The minimum atomic E-state index is 0.232. The van der Waals surface area contributed by atoms with Crippen LogP contribution in [0.2, 0.25) is 0 Å². The summed E-state index contributed by atoms with van der Waals surface area (Å²) in [5.74, 6) is 3.11. The van der Waals surface area contributed by atoms with Crippen LogP contribution < -0.4 is 10.1 Å². The molecule has 25 heavy (non-hydrogen) atoms. The van der Waals surface area contributed by atoms with Gasteiger partial charge in [-0.2, -0.15) is 0 Å². The fourth-order valence-corrected chi connectivity index (χ4v) is 4.16. The van der Waals surface area contributed by atoms with E-state index >= 15 is 0 Å². The lowest BCUT2D eigenvalue weighted by Crippen LogP contribution is -2.38.